The van der Waals surface area contributed by atoms with E-state index in [1.54, 1.807) is 29.2 Å². The van der Waals surface area contributed by atoms with Crippen molar-refractivity contribution in [2.75, 3.05) is 43.1 Å². The van der Waals surface area contributed by atoms with E-state index < -0.39 is 36.9 Å². The maximum Gasteiger partial charge on any atom is 0.315 e. The third-order valence-electron chi connectivity index (χ3n) is 4.73. The van der Waals surface area contributed by atoms with Gasteiger partial charge in [0.25, 0.3) is 18.2 Å². The SMILES string of the molecule is O=C(NCC(F)F)N[C@H](CNC(=O)c1ccc(Cl)s1)C(=O)Nc1ccc(N2CCOCC2=O)cc1. The number of hydrogen-bond acceptors (Lipinski definition) is 6. The molecular formula is C21H22ClF2N5O5S. The van der Waals surface area contributed by atoms with Crippen LogP contribution in [0.5, 0.6) is 0 Å². The molecule has 2 heterocycles. The zero-order valence-electron chi connectivity index (χ0n) is 18.2. The van der Waals surface area contributed by atoms with Crippen LogP contribution in [0, 0.1) is 0 Å². The summed E-state index contributed by atoms with van der Waals surface area (Å²) in [6, 6.07) is 7.16. The second-order valence-electron chi connectivity index (χ2n) is 7.25. The zero-order chi connectivity index (χ0) is 25.4. The van der Waals surface area contributed by atoms with Crippen LogP contribution in [-0.2, 0) is 14.3 Å². The lowest BCUT2D eigenvalue weighted by atomic mass is 10.2. The third-order valence-corrected chi connectivity index (χ3v) is 5.96. The molecule has 0 spiro atoms. The highest BCUT2D eigenvalue weighted by Gasteiger charge is 2.24. The number of nitrogens with one attached hydrogen (secondary N) is 4. The molecule has 1 aromatic heterocycles. The second kappa shape index (κ2) is 12.4. The monoisotopic (exact) mass is 529 g/mol. The van der Waals surface area contributed by atoms with Gasteiger partial charge >= 0.3 is 6.03 Å². The average Bonchev–Trinajstić information content (AvgIpc) is 3.27. The van der Waals surface area contributed by atoms with Crippen LogP contribution < -0.4 is 26.2 Å². The number of rotatable bonds is 9. The van der Waals surface area contributed by atoms with Gasteiger partial charge in [-0.1, -0.05) is 11.6 Å². The molecule has 0 bridgehead atoms. The van der Waals surface area contributed by atoms with Crippen molar-refractivity contribution >= 4 is 58.1 Å². The fraction of sp³-hybridized carbons (Fsp3) is 0.333. The van der Waals surface area contributed by atoms with Gasteiger partial charge < -0.3 is 30.9 Å². The quantitative estimate of drug-likeness (QED) is 0.395. The van der Waals surface area contributed by atoms with E-state index in [0.717, 1.165) is 11.3 Å². The first-order valence-corrected chi connectivity index (χ1v) is 11.6. The number of morpholine rings is 1. The van der Waals surface area contributed by atoms with E-state index in [9.17, 15) is 28.0 Å². The molecule has 1 fully saturated rings. The zero-order valence-corrected chi connectivity index (χ0v) is 19.8. The summed E-state index contributed by atoms with van der Waals surface area (Å²) in [6.45, 7) is -0.415. The van der Waals surface area contributed by atoms with E-state index in [1.165, 1.54) is 12.1 Å². The molecule has 10 nitrogen and oxygen atoms in total. The largest absolute Gasteiger partial charge is 0.370 e. The molecule has 0 aliphatic carbocycles. The molecule has 1 aliphatic heterocycles. The Balaban J connectivity index is 1.64. The number of thiophene rings is 1. The Bertz CT molecular complexity index is 1070. The van der Waals surface area contributed by atoms with E-state index in [0.29, 0.717) is 33.7 Å². The van der Waals surface area contributed by atoms with Gasteiger partial charge in [-0.2, -0.15) is 0 Å². The summed E-state index contributed by atoms with van der Waals surface area (Å²) in [6.07, 6.45) is -2.77. The van der Waals surface area contributed by atoms with E-state index in [4.69, 9.17) is 16.3 Å². The molecule has 0 radical (unpaired) electrons. The number of benzene rings is 1. The summed E-state index contributed by atoms with van der Waals surface area (Å²) >= 11 is 6.86. The standard InChI is InChI=1S/C21H22ClF2N5O5S/c22-16-6-5-15(35-16)20(32)25-9-14(28-21(33)26-10-17(23)24)19(31)27-12-1-3-13(4-2-12)29-7-8-34-11-18(29)30/h1-6,14,17H,7-11H2,(H,25,32)(H,27,31)(H2,26,28,33)/t14-/m1/s1. The number of ether oxygens (including phenoxy) is 1. The van der Waals surface area contributed by atoms with E-state index in [2.05, 4.69) is 16.0 Å². The molecule has 1 aliphatic rings. The van der Waals surface area contributed by atoms with Crippen LogP contribution in [0.15, 0.2) is 36.4 Å². The summed E-state index contributed by atoms with van der Waals surface area (Å²) in [4.78, 5) is 50.9. The highest BCUT2D eigenvalue weighted by atomic mass is 35.5. The number of nitrogens with zero attached hydrogens (tertiary/aromatic N) is 1. The van der Waals surface area contributed by atoms with Crippen LogP contribution in [0.25, 0.3) is 0 Å². The third kappa shape index (κ3) is 7.87. The van der Waals surface area contributed by atoms with Gasteiger partial charge in [-0.3, -0.25) is 14.4 Å². The van der Waals surface area contributed by atoms with Crippen molar-refractivity contribution in [2.45, 2.75) is 12.5 Å². The van der Waals surface area contributed by atoms with E-state index in [-0.39, 0.29) is 19.1 Å². The number of halogens is 3. The molecule has 4 N–H and O–H groups in total. The molecule has 2 aromatic rings. The molecule has 1 atom stereocenters. The number of carbonyl (C=O) groups is 4. The Kier molecular flexibility index (Phi) is 9.34. The van der Waals surface area contributed by atoms with Crippen LogP contribution in [0.1, 0.15) is 9.67 Å². The first-order valence-electron chi connectivity index (χ1n) is 10.4. The van der Waals surface area contributed by atoms with Gasteiger partial charge in [0, 0.05) is 24.5 Å². The lowest BCUT2D eigenvalue weighted by Gasteiger charge is -2.27. The van der Waals surface area contributed by atoms with Gasteiger partial charge in [-0.05, 0) is 36.4 Å². The summed E-state index contributed by atoms with van der Waals surface area (Å²) in [5, 5.41) is 9.33. The predicted molar refractivity (Wildman–Crippen MR) is 126 cm³/mol. The van der Waals surface area contributed by atoms with Crippen molar-refractivity contribution in [2.24, 2.45) is 0 Å². The smallest absolute Gasteiger partial charge is 0.315 e. The Morgan fingerprint density at radius 3 is 2.46 bits per heavy atom. The number of urea groups is 1. The van der Waals surface area contributed by atoms with Crippen LogP contribution in [-0.4, -0.2) is 69.1 Å². The first kappa shape index (κ1) is 26.3. The van der Waals surface area contributed by atoms with Gasteiger partial charge in [0.05, 0.1) is 22.4 Å². The fourth-order valence-electron chi connectivity index (χ4n) is 3.05. The lowest BCUT2D eigenvalue weighted by Crippen LogP contribution is -2.53. The number of hydrogen-bond donors (Lipinski definition) is 4. The maximum atomic E-state index is 12.8. The van der Waals surface area contributed by atoms with Gasteiger partial charge in [0.15, 0.2) is 0 Å². The minimum atomic E-state index is -2.77. The number of amides is 5. The first-order chi connectivity index (χ1) is 16.7. The molecule has 1 saturated heterocycles. The summed E-state index contributed by atoms with van der Waals surface area (Å²) in [5.41, 5.74) is 0.981. The number of alkyl halides is 2. The van der Waals surface area contributed by atoms with E-state index in [1.807, 2.05) is 5.32 Å². The predicted octanol–water partition coefficient (Wildman–Crippen LogP) is 2.07. The molecule has 3 rings (SSSR count). The second-order valence-corrected chi connectivity index (χ2v) is 8.96. The average molecular weight is 530 g/mol. The topological polar surface area (TPSA) is 129 Å². The Hall–Kier alpha value is -3.29. The van der Waals surface area contributed by atoms with Crippen LogP contribution in [0.3, 0.4) is 0 Å². The fourth-order valence-corrected chi connectivity index (χ4v) is 4.01. The molecule has 35 heavy (non-hydrogen) atoms. The molecular weight excluding hydrogens is 508 g/mol. The number of carbonyl (C=O) groups excluding carboxylic acids is 4. The van der Waals surface area contributed by atoms with Crippen LogP contribution in [0.4, 0.5) is 25.0 Å². The Morgan fingerprint density at radius 1 is 1.09 bits per heavy atom. The van der Waals surface area contributed by atoms with Gasteiger partial charge in [0.2, 0.25) is 5.91 Å². The Morgan fingerprint density at radius 2 is 1.83 bits per heavy atom. The van der Waals surface area contributed by atoms with Crippen molar-refractivity contribution in [1.29, 1.82) is 0 Å². The van der Waals surface area contributed by atoms with Gasteiger partial charge in [-0.25, -0.2) is 13.6 Å². The normalized spacial score (nSPS) is 14.4. The van der Waals surface area contributed by atoms with Gasteiger partial charge in [-0.15, -0.1) is 11.3 Å². The molecule has 0 unspecified atom stereocenters. The minimum Gasteiger partial charge on any atom is -0.370 e. The highest BCUT2D eigenvalue weighted by molar-refractivity contribution is 7.18. The Labute approximate surface area is 207 Å². The lowest BCUT2D eigenvalue weighted by molar-refractivity contribution is -0.125. The molecule has 5 amide bonds. The molecule has 14 heteroatoms. The number of anilines is 2. The van der Waals surface area contributed by atoms with E-state index >= 15 is 0 Å². The molecule has 188 valence electrons. The minimum absolute atomic E-state index is 0.0111. The van der Waals surface area contributed by atoms with Crippen molar-refractivity contribution in [1.82, 2.24) is 16.0 Å². The maximum absolute atomic E-state index is 12.8. The van der Waals surface area contributed by atoms with Crippen molar-refractivity contribution < 1.29 is 32.7 Å². The van der Waals surface area contributed by atoms with Crippen LogP contribution >= 0.6 is 22.9 Å². The summed E-state index contributed by atoms with van der Waals surface area (Å²) < 4.78 is 30.3. The summed E-state index contributed by atoms with van der Waals surface area (Å²) in [5.74, 6) is -1.40. The van der Waals surface area contributed by atoms with Crippen molar-refractivity contribution in [3.63, 3.8) is 0 Å². The van der Waals surface area contributed by atoms with Crippen molar-refractivity contribution in [3.05, 3.63) is 45.6 Å². The highest BCUT2D eigenvalue weighted by Crippen LogP contribution is 2.21. The molecule has 0 saturated carbocycles. The molecule has 1 aromatic carbocycles. The summed E-state index contributed by atoms with van der Waals surface area (Å²) in [7, 11) is 0. The van der Waals surface area contributed by atoms with Crippen molar-refractivity contribution in [3.8, 4) is 0 Å². The van der Waals surface area contributed by atoms with Crippen LogP contribution in [0.2, 0.25) is 4.34 Å². The van der Waals surface area contributed by atoms with Gasteiger partial charge in [0.1, 0.15) is 12.6 Å².